The van der Waals surface area contributed by atoms with Crippen LogP contribution in [0.15, 0.2) is 48.5 Å². The van der Waals surface area contributed by atoms with Gasteiger partial charge in [-0.05, 0) is 35.4 Å². The van der Waals surface area contributed by atoms with Crippen LogP contribution < -0.4 is 0 Å². The quantitative estimate of drug-likeness (QED) is 0.881. The third kappa shape index (κ3) is 3.95. The van der Waals surface area contributed by atoms with Crippen LogP contribution in [0.1, 0.15) is 17.2 Å². The Balaban J connectivity index is 1.97. The fourth-order valence-corrected chi connectivity index (χ4v) is 3.10. The average molecular weight is 380 g/mol. The fourth-order valence-electron chi connectivity index (χ4n) is 2.85. The number of morpholine rings is 1. The van der Waals surface area contributed by atoms with Crippen molar-refractivity contribution < 1.29 is 19.4 Å². The molecule has 1 saturated heterocycles. The SMILES string of the molecule is O=C(O)[C@H]1OCC(=O)N(Cc2ccc(Cl)cc2)[C@H]1c1ccc(Cl)cc1. The maximum atomic E-state index is 12.4. The second-order valence-corrected chi connectivity index (χ2v) is 6.59. The van der Waals surface area contributed by atoms with Gasteiger partial charge in [0, 0.05) is 16.6 Å². The van der Waals surface area contributed by atoms with Crippen LogP contribution >= 0.6 is 23.2 Å². The van der Waals surface area contributed by atoms with Crippen LogP contribution in [-0.2, 0) is 20.9 Å². The second kappa shape index (κ2) is 7.44. The van der Waals surface area contributed by atoms with Crippen molar-refractivity contribution in [3.63, 3.8) is 0 Å². The van der Waals surface area contributed by atoms with Crippen molar-refractivity contribution >= 4 is 35.1 Å². The van der Waals surface area contributed by atoms with E-state index in [0.717, 1.165) is 5.56 Å². The molecule has 2 aromatic carbocycles. The van der Waals surface area contributed by atoms with E-state index >= 15 is 0 Å². The second-order valence-electron chi connectivity index (χ2n) is 5.71. The van der Waals surface area contributed by atoms with Gasteiger partial charge in [-0.2, -0.15) is 0 Å². The number of hydrogen-bond acceptors (Lipinski definition) is 3. The number of amides is 1. The number of nitrogens with zero attached hydrogens (tertiary/aromatic N) is 1. The van der Waals surface area contributed by atoms with Crippen LogP contribution in [0.3, 0.4) is 0 Å². The van der Waals surface area contributed by atoms with Crippen LogP contribution in [0.5, 0.6) is 0 Å². The predicted molar refractivity (Wildman–Crippen MR) is 93.6 cm³/mol. The van der Waals surface area contributed by atoms with Gasteiger partial charge in [0.25, 0.3) is 0 Å². The van der Waals surface area contributed by atoms with E-state index < -0.39 is 18.1 Å². The minimum atomic E-state index is -1.15. The molecule has 0 aromatic heterocycles. The fraction of sp³-hybridized carbons (Fsp3) is 0.222. The summed E-state index contributed by atoms with van der Waals surface area (Å²) in [6.07, 6.45) is -1.15. The van der Waals surface area contributed by atoms with Crippen molar-refractivity contribution in [2.75, 3.05) is 6.61 Å². The largest absolute Gasteiger partial charge is 0.479 e. The van der Waals surface area contributed by atoms with E-state index in [4.69, 9.17) is 27.9 Å². The van der Waals surface area contributed by atoms with E-state index in [1.54, 1.807) is 48.5 Å². The van der Waals surface area contributed by atoms with Gasteiger partial charge in [0.05, 0.1) is 6.04 Å². The molecule has 1 amide bonds. The molecule has 5 nitrogen and oxygen atoms in total. The van der Waals surface area contributed by atoms with Gasteiger partial charge in [-0.25, -0.2) is 4.79 Å². The third-order valence-electron chi connectivity index (χ3n) is 4.05. The molecule has 0 aliphatic carbocycles. The minimum Gasteiger partial charge on any atom is -0.479 e. The predicted octanol–water partition coefficient (Wildman–Crippen LogP) is 3.55. The molecule has 130 valence electrons. The van der Waals surface area contributed by atoms with Crippen LogP contribution in [0.2, 0.25) is 10.0 Å². The molecule has 0 unspecified atom stereocenters. The topological polar surface area (TPSA) is 66.8 Å². The molecule has 0 bridgehead atoms. The van der Waals surface area contributed by atoms with Gasteiger partial charge in [-0.15, -0.1) is 0 Å². The molecule has 1 aliphatic rings. The number of carboxylic acids is 1. The number of carboxylic acid groups (broad SMARTS) is 1. The molecule has 2 aromatic rings. The zero-order chi connectivity index (χ0) is 18.0. The highest BCUT2D eigenvalue weighted by Crippen LogP contribution is 2.32. The lowest BCUT2D eigenvalue weighted by molar-refractivity contribution is -0.174. The van der Waals surface area contributed by atoms with E-state index in [2.05, 4.69) is 0 Å². The monoisotopic (exact) mass is 379 g/mol. The summed E-state index contributed by atoms with van der Waals surface area (Å²) in [7, 11) is 0. The Morgan fingerprint density at radius 2 is 1.64 bits per heavy atom. The first-order valence-electron chi connectivity index (χ1n) is 7.59. The summed E-state index contributed by atoms with van der Waals surface area (Å²) in [5.74, 6) is -1.39. The molecule has 0 radical (unpaired) electrons. The Hall–Kier alpha value is -2.08. The van der Waals surface area contributed by atoms with E-state index in [1.165, 1.54) is 4.90 Å². The Labute approximate surface area is 154 Å². The van der Waals surface area contributed by atoms with Gasteiger partial charge in [0.15, 0.2) is 6.10 Å². The number of carbonyl (C=O) groups excluding carboxylic acids is 1. The highest BCUT2D eigenvalue weighted by atomic mass is 35.5. The van der Waals surface area contributed by atoms with Gasteiger partial charge in [0.1, 0.15) is 6.61 Å². The van der Waals surface area contributed by atoms with Crippen molar-refractivity contribution in [1.29, 1.82) is 0 Å². The molecular weight excluding hydrogens is 365 g/mol. The smallest absolute Gasteiger partial charge is 0.335 e. The maximum Gasteiger partial charge on any atom is 0.335 e. The van der Waals surface area contributed by atoms with E-state index in [0.29, 0.717) is 15.6 Å². The van der Waals surface area contributed by atoms with Crippen LogP contribution in [0, 0.1) is 0 Å². The summed E-state index contributed by atoms with van der Waals surface area (Å²) in [5.41, 5.74) is 1.50. The zero-order valence-corrected chi connectivity index (χ0v) is 14.6. The maximum absolute atomic E-state index is 12.4. The van der Waals surface area contributed by atoms with Gasteiger partial charge in [0.2, 0.25) is 5.91 Å². The molecule has 0 spiro atoms. The molecule has 3 rings (SSSR count). The Morgan fingerprint density at radius 3 is 2.20 bits per heavy atom. The van der Waals surface area contributed by atoms with Crippen molar-refractivity contribution in [2.24, 2.45) is 0 Å². The number of hydrogen-bond donors (Lipinski definition) is 1. The summed E-state index contributed by atoms with van der Waals surface area (Å²) < 4.78 is 5.29. The van der Waals surface area contributed by atoms with Gasteiger partial charge in [-0.3, -0.25) is 4.79 Å². The van der Waals surface area contributed by atoms with Crippen molar-refractivity contribution in [1.82, 2.24) is 4.90 Å². The lowest BCUT2D eigenvalue weighted by Gasteiger charge is -2.39. The normalized spacial score (nSPS) is 20.6. The Bertz CT molecular complexity index is 777. The first kappa shape index (κ1) is 17.7. The summed E-state index contributed by atoms with van der Waals surface area (Å²) >= 11 is 11.8. The van der Waals surface area contributed by atoms with Crippen LogP contribution in [-0.4, -0.2) is 34.6 Å². The van der Waals surface area contributed by atoms with Gasteiger partial charge in [-0.1, -0.05) is 47.5 Å². The highest BCUT2D eigenvalue weighted by Gasteiger charge is 2.41. The Kier molecular flexibility index (Phi) is 5.27. The first-order valence-corrected chi connectivity index (χ1v) is 8.35. The molecule has 7 heteroatoms. The number of ether oxygens (including phenoxy) is 1. The summed E-state index contributed by atoms with van der Waals surface area (Å²) in [6.45, 7) is -0.00885. The molecule has 1 fully saturated rings. The zero-order valence-electron chi connectivity index (χ0n) is 13.1. The van der Waals surface area contributed by atoms with E-state index in [-0.39, 0.29) is 19.1 Å². The lowest BCUT2D eigenvalue weighted by atomic mass is 9.97. The first-order chi connectivity index (χ1) is 12.0. The van der Waals surface area contributed by atoms with Crippen molar-refractivity contribution in [3.8, 4) is 0 Å². The highest BCUT2D eigenvalue weighted by molar-refractivity contribution is 6.30. The molecule has 1 N–H and O–H groups in total. The summed E-state index contributed by atoms with van der Waals surface area (Å²) in [4.78, 5) is 25.6. The molecule has 25 heavy (non-hydrogen) atoms. The molecular formula is C18H15Cl2NO4. The molecule has 1 aliphatic heterocycles. The van der Waals surface area contributed by atoms with Crippen molar-refractivity contribution in [2.45, 2.75) is 18.7 Å². The van der Waals surface area contributed by atoms with Gasteiger partial charge >= 0.3 is 5.97 Å². The van der Waals surface area contributed by atoms with E-state index in [9.17, 15) is 14.7 Å². The Morgan fingerprint density at radius 1 is 1.08 bits per heavy atom. The molecule has 1 heterocycles. The number of carbonyl (C=O) groups is 2. The number of rotatable bonds is 4. The molecule has 2 atom stereocenters. The number of benzene rings is 2. The summed E-state index contributed by atoms with van der Waals surface area (Å²) in [5, 5.41) is 10.6. The van der Waals surface area contributed by atoms with Crippen LogP contribution in [0.4, 0.5) is 0 Å². The summed E-state index contributed by atoms with van der Waals surface area (Å²) in [6, 6.07) is 13.1. The lowest BCUT2D eigenvalue weighted by Crippen LogP contribution is -2.51. The average Bonchev–Trinajstić information content (AvgIpc) is 2.59. The van der Waals surface area contributed by atoms with Gasteiger partial charge < -0.3 is 14.7 Å². The number of aliphatic carboxylic acids is 1. The van der Waals surface area contributed by atoms with E-state index in [1.807, 2.05) is 0 Å². The minimum absolute atomic E-state index is 0.260. The third-order valence-corrected chi connectivity index (χ3v) is 4.55. The van der Waals surface area contributed by atoms with Crippen molar-refractivity contribution in [3.05, 3.63) is 69.7 Å². The standard InChI is InChI=1S/C18H15Cl2NO4/c19-13-5-1-11(2-6-13)9-21-15(22)10-25-17(18(23)24)16(21)12-3-7-14(20)8-4-12/h1-8,16-17H,9-10H2,(H,23,24)/t16-,17-/m0/s1. The van der Waals surface area contributed by atoms with Crippen LogP contribution in [0.25, 0.3) is 0 Å². The molecule has 0 saturated carbocycles. The number of halogens is 2.